The first-order valence-corrected chi connectivity index (χ1v) is 3.17. The summed E-state index contributed by atoms with van der Waals surface area (Å²) in [5, 5.41) is 20.6. The van der Waals surface area contributed by atoms with Crippen LogP contribution in [0, 0.1) is 5.41 Å². The average molecular weight is 203 g/mol. The molecule has 0 aromatic rings. The van der Waals surface area contributed by atoms with Gasteiger partial charge in [-0.2, -0.15) is 0 Å². The van der Waals surface area contributed by atoms with Gasteiger partial charge in [0.25, 0.3) is 0 Å². The maximum atomic E-state index is 10.3. The first-order valence-electron chi connectivity index (χ1n) is 3.17. The molecular formula is C6H7NNa2O4. The molecule has 0 aromatic heterocycles. The van der Waals surface area contributed by atoms with Crippen molar-refractivity contribution in [2.24, 2.45) is 11.1 Å². The molecule has 0 amide bonds. The minimum atomic E-state index is -1.82. The number of hydrogen-bond donors (Lipinski definition) is 1. The second-order valence-electron chi connectivity index (χ2n) is 2.83. The summed E-state index contributed by atoms with van der Waals surface area (Å²) in [5.41, 5.74) is 3.43. The fourth-order valence-electron chi connectivity index (χ4n) is 1.25. The zero-order valence-electron chi connectivity index (χ0n) is 7.70. The van der Waals surface area contributed by atoms with Gasteiger partial charge < -0.3 is 25.5 Å². The van der Waals surface area contributed by atoms with E-state index in [4.69, 9.17) is 5.73 Å². The number of hydrogen-bond acceptors (Lipinski definition) is 5. The molecule has 7 heteroatoms. The maximum absolute atomic E-state index is 10.3. The molecule has 1 aliphatic carbocycles. The van der Waals surface area contributed by atoms with Gasteiger partial charge in [-0.1, -0.05) is 0 Å². The normalized spacial score (nSPS) is 18.8. The van der Waals surface area contributed by atoms with Crippen LogP contribution < -0.4 is 75.1 Å². The zero-order valence-corrected chi connectivity index (χ0v) is 11.7. The van der Waals surface area contributed by atoms with Crippen LogP contribution in [0.2, 0.25) is 0 Å². The third kappa shape index (κ3) is 2.92. The monoisotopic (exact) mass is 203 g/mol. The summed E-state index contributed by atoms with van der Waals surface area (Å²) in [6.45, 7) is 0. The number of carboxylic acid groups (broad SMARTS) is 2. The standard InChI is InChI=1S/C6H9NO4.2Na/c7-3-1-6(2-3,4(8)9)5(10)11;;/h3H,1-2,7H2,(H,8,9)(H,10,11);;/q;2*+1/p-2. The quantitative estimate of drug-likeness (QED) is 0.354. The molecule has 0 spiro atoms. The molecule has 0 bridgehead atoms. The Morgan fingerprint density at radius 3 is 1.54 bits per heavy atom. The average Bonchev–Trinajstić information content (AvgIpc) is 1.78. The molecule has 0 atom stereocenters. The van der Waals surface area contributed by atoms with Crippen LogP contribution in [-0.2, 0) is 9.59 Å². The molecule has 62 valence electrons. The predicted molar refractivity (Wildman–Crippen MR) is 29.7 cm³/mol. The molecule has 1 aliphatic rings. The second-order valence-corrected chi connectivity index (χ2v) is 2.83. The molecule has 0 radical (unpaired) electrons. The first kappa shape index (κ1) is 16.3. The third-order valence-corrected chi connectivity index (χ3v) is 2.00. The van der Waals surface area contributed by atoms with Crippen LogP contribution in [0.1, 0.15) is 12.8 Å². The van der Waals surface area contributed by atoms with Crippen molar-refractivity contribution in [1.29, 1.82) is 0 Å². The molecule has 1 rings (SSSR count). The van der Waals surface area contributed by atoms with Crippen molar-refractivity contribution in [3.05, 3.63) is 0 Å². The molecule has 1 saturated carbocycles. The van der Waals surface area contributed by atoms with Gasteiger partial charge in [0.1, 0.15) is 0 Å². The second kappa shape index (κ2) is 5.70. The van der Waals surface area contributed by atoms with Crippen molar-refractivity contribution in [2.75, 3.05) is 0 Å². The van der Waals surface area contributed by atoms with Crippen molar-refractivity contribution in [3.8, 4) is 0 Å². The molecule has 1 fully saturated rings. The molecule has 5 nitrogen and oxygen atoms in total. The summed E-state index contributed by atoms with van der Waals surface area (Å²) < 4.78 is 0. The first-order chi connectivity index (χ1) is 4.99. The largest absolute Gasteiger partial charge is 1.00 e. The number of nitrogens with two attached hydrogens (primary N) is 1. The predicted octanol–water partition coefficient (Wildman–Crippen LogP) is -9.40. The SMILES string of the molecule is NC1CC(C(=O)[O-])(C(=O)[O-])C1.[Na+].[Na+]. The topological polar surface area (TPSA) is 106 Å². The number of aliphatic carboxylic acids is 2. The summed E-state index contributed by atoms with van der Waals surface area (Å²) >= 11 is 0. The van der Waals surface area contributed by atoms with E-state index in [2.05, 4.69) is 0 Å². The fraction of sp³-hybridized carbons (Fsp3) is 0.667. The number of carbonyl (C=O) groups excluding carboxylic acids is 2. The van der Waals surface area contributed by atoms with Crippen molar-refractivity contribution in [3.63, 3.8) is 0 Å². The summed E-state index contributed by atoms with van der Waals surface area (Å²) in [4.78, 5) is 20.6. The molecule has 0 aromatic carbocycles. The molecule has 0 unspecified atom stereocenters. The van der Waals surface area contributed by atoms with Crippen LogP contribution in [0.25, 0.3) is 0 Å². The number of rotatable bonds is 2. The van der Waals surface area contributed by atoms with E-state index in [0.717, 1.165) is 0 Å². The van der Waals surface area contributed by atoms with Crippen molar-refractivity contribution in [2.45, 2.75) is 18.9 Å². The minimum absolute atomic E-state index is 0. The number of carbonyl (C=O) groups is 2. The van der Waals surface area contributed by atoms with E-state index in [1.54, 1.807) is 0 Å². The summed E-state index contributed by atoms with van der Waals surface area (Å²) in [5.74, 6) is -3.20. The molecule has 0 heterocycles. The fourth-order valence-corrected chi connectivity index (χ4v) is 1.25. The van der Waals surface area contributed by atoms with Crippen molar-refractivity contribution < 1.29 is 78.9 Å². The van der Waals surface area contributed by atoms with Gasteiger partial charge in [0.2, 0.25) is 0 Å². The van der Waals surface area contributed by atoms with E-state index in [1.807, 2.05) is 0 Å². The Labute approximate surface area is 120 Å². The Morgan fingerprint density at radius 1 is 1.15 bits per heavy atom. The van der Waals surface area contributed by atoms with Gasteiger partial charge in [0.15, 0.2) is 0 Å². The summed E-state index contributed by atoms with van der Waals surface area (Å²) in [6.07, 6.45) is -0.171. The molecule has 2 N–H and O–H groups in total. The molecule has 0 aliphatic heterocycles. The Balaban J connectivity index is 0. The van der Waals surface area contributed by atoms with Crippen LogP contribution in [0.3, 0.4) is 0 Å². The van der Waals surface area contributed by atoms with Crippen LogP contribution in [0.5, 0.6) is 0 Å². The van der Waals surface area contributed by atoms with Crippen LogP contribution >= 0.6 is 0 Å². The van der Waals surface area contributed by atoms with E-state index >= 15 is 0 Å². The van der Waals surface area contributed by atoms with Crippen molar-refractivity contribution in [1.82, 2.24) is 0 Å². The molecule has 0 saturated heterocycles. The van der Waals surface area contributed by atoms with Crippen LogP contribution in [0.15, 0.2) is 0 Å². The van der Waals surface area contributed by atoms with E-state index < -0.39 is 17.4 Å². The summed E-state index contributed by atoms with van der Waals surface area (Å²) in [6, 6.07) is -0.356. The van der Waals surface area contributed by atoms with Gasteiger partial charge in [0.05, 0.1) is 17.4 Å². The van der Waals surface area contributed by atoms with Gasteiger partial charge in [-0.15, -0.1) is 0 Å². The molecular weight excluding hydrogens is 196 g/mol. The number of carboxylic acids is 2. The van der Waals surface area contributed by atoms with Crippen LogP contribution in [-0.4, -0.2) is 18.0 Å². The van der Waals surface area contributed by atoms with Crippen LogP contribution in [0.4, 0.5) is 0 Å². The van der Waals surface area contributed by atoms with E-state index in [-0.39, 0.29) is 78.0 Å². The maximum Gasteiger partial charge on any atom is 1.00 e. The van der Waals surface area contributed by atoms with E-state index in [0.29, 0.717) is 0 Å². The Bertz CT molecular complexity index is 199. The van der Waals surface area contributed by atoms with E-state index in [1.165, 1.54) is 0 Å². The summed E-state index contributed by atoms with van der Waals surface area (Å²) in [7, 11) is 0. The third-order valence-electron chi connectivity index (χ3n) is 2.00. The van der Waals surface area contributed by atoms with Gasteiger partial charge in [-0.05, 0) is 12.8 Å². The Hall–Kier alpha value is 0.900. The Kier molecular flexibility index (Phi) is 7.16. The Morgan fingerprint density at radius 2 is 1.46 bits per heavy atom. The van der Waals surface area contributed by atoms with E-state index in [9.17, 15) is 19.8 Å². The van der Waals surface area contributed by atoms with Crippen molar-refractivity contribution >= 4 is 11.9 Å². The minimum Gasteiger partial charge on any atom is -0.549 e. The smallest absolute Gasteiger partial charge is 0.549 e. The molecule has 13 heavy (non-hydrogen) atoms. The van der Waals surface area contributed by atoms with Gasteiger partial charge in [0, 0.05) is 6.04 Å². The van der Waals surface area contributed by atoms with Gasteiger partial charge in [-0.3, -0.25) is 0 Å². The van der Waals surface area contributed by atoms with Gasteiger partial charge >= 0.3 is 59.1 Å². The zero-order chi connectivity index (χ0) is 8.65. The van der Waals surface area contributed by atoms with Gasteiger partial charge in [-0.25, -0.2) is 0 Å².